The number of imide groups is 1. The van der Waals surface area contributed by atoms with E-state index in [1.54, 1.807) is 18.2 Å². The summed E-state index contributed by atoms with van der Waals surface area (Å²) in [6.45, 7) is 1.16. The van der Waals surface area contributed by atoms with Gasteiger partial charge in [0, 0.05) is 32.0 Å². The SMILES string of the molecule is COc1ccc(CN(C)c2cc(C[C@H]3C(=O)N(C(=O)N4CCCc5ccccc54)[C@@H]3C(=O)OCc3ccccc3)ccn2)cc1. The average molecular weight is 605 g/mol. The van der Waals surface area contributed by atoms with Crippen molar-refractivity contribution in [1.29, 1.82) is 0 Å². The molecule has 1 aromatic heterocycles. The van der Waals surface area contributed by atoms with Crippen LogP contribution in [0.5, 0.6) is 5.75 Å². The summed E-state index contributed by atoms with van der Waals surface area (Å²) in [7, 11) is 3.59. The van der Waals surface area contributed by atoms with E-state index in [0.29, 0.717) is 13.1 Å². The van der Waals surface area contributed by atoms with E-state index in [9.17, 15) is 14.4 Å². The Hall–Kier alpha value is -5.18. The molecule has 3 amide bonds. The lowest BCUT2D eigenvalue weighted by atomic mass is 9.82. The third kappa shape index (κ3) is 6.38. The molecule has 2 aliphatic rings. The molecule has 3 aromatic carbocycles. The van der Waals surface area contributed by atoms with E-state index in [-0.39, 0.29) is 18.9 Å². The van der Waals surface area contributed by atoms with Gasteiger partial charge in [0.1, 0.15) is 18.2 Å². The summed E-state index contributed by atoms with van der Waals surface area (Å²) < 4.78 is 11.0. The van der Waals surface area contributed by atoms with Crippen molar-refractivity contribution in [3.05, 3.63) is 119 Å². The van der Waals surface area contributed by atoms with E-state index in [4.69, 9.17) is 9.47 Å². The first-order chi connectivity index (χ1) is 21.9. The number of benzene rings is 3. The van der Waals surface area contributed by atoms with Gasteiger partial charge in [0.2, 0.25) is 5.91 Å². The number of hydrogen-bond acceptors (Lipinski definition) is 7. The fraction of sp³-hybridized carbons (Fsp3) is 0.278. The Bertz CT molecular complexity index is 1680. The quantitative estimate of drug-likeness (QED) is 0.186. The second-order valence-corrected chi connectivity index (χ2v) is 11.4. The highest BCUT2D eigenvalue weighted by Crippen LogP contribution is 2.36. The first-order valence-electron chi connectivity index (χ1n) is 15.1. The molecule has 9 heteroatoms. The summed E-state index contributed by atoms with van der Waals surface area (Å²) >= 11 is 0. The van der Waals surface area contributed by atoms with Crippen molar-refractivity contribution in [3.63, 3.8) is 0 Å². The Morgan fingerprint density at radius 3 is 2.47 bits per heavy atom. The summed E-state index contributed by atoms with van der Waals surface area (Å²) in [5.41, 5.74) is 4.59. The maximum absolute atomic E-state index is 13.9. The molecule has 230 valence electrons. The summed E-state index contributed by atoms with van der Waals surface area (Å²) in [6.07, 6.45) is 3.61. The molecule has 45 heavy (non-hydrogen) atoms. The fourth-order valence-electron chi connectivity index (χ4n) is 6.04. The summed E-state index contributed by atoms with van der Waals surface area (Å²) in [6, 6.07) is 27.2. The lowest BCUT2D eigenvalue weighted by Gasteiger charge is -2.46. The van der Waals surface area contributed by atoms with E-state index in [2.05, 4.69) is 4.98 Å². The zero-order valence-electron chi connectivity index (χ0n) is 25.5. The number of aromatic nitrogens is 1. The van der Waals surface area contributed by atoms with Crippen LogP contribution in [-0.4, -0.2) is 54.5 Å². The van der Waals surface area contributed by atoms with Gasteiger partial charge in [0.15, 0.2) is 6.04 Å². The summed E-state index contributed by atoms with van der Waals surface area (Å²) in [5.74, 6) is -0.182. The number of carbonyl (C=O) groups is 3. The normalized spacial score (nSPS) is 17.2. The number of β-lactam (4-membered cyclic amide) rings is 1. The largest absolute Gasteiger partial charge is 0.497 e. The highest BCUT2D eigenvalue weighted by Gasteiger charge is 2.56. The van der Waals surface area contributed by atoms with Crippen LogP contribution >= 0.6 is 0 Å². The Balaban J connectivity index is 1.21. The highest BCUT2D eigenvalue weighted by atomic mass is 16.5. The number of ether oxygens (including phenoxy) is 2. The van der Waals surface area contributed by atoms with E-state index < -0.39 is 24.0 Å². The minimum absolute atomic E-state index is 0.0568. The van der Waals surface area contributed by atoms with Crippen LogP contribution in [0.15, 0.2) is 97.2 Å². The molecule has 4 aromatic rings. The Labute approximate surface area is 263 Å². The number of fused-ring (bicyclic) bond motifs is 1. The van der Waals surface area contributed by atoms with E-state index in [0.717, 1.165) is 57.3 Å². The number of likely N-dealkylation sites (tertiary alicyclic amines) is 1. The molecule has 1 saturated heterocycles. The van der Waals surface area contributed by atoms with Crippen LogP contribution in [0, 0.1) is 5.92 Å². The van der Waals surface area contributed by atoms with Gasteiger partial charge >= 0.3 is 12.0 Å². The van der Waals surface area contributed by atoms with Crippen molar-refractivity contribution in [3.8, 4) is 5.75 Å². The smallest absolute Gasteiger partial charge is 0.332 e. The minimum atomic E-state index is -1.03. The number of anilines is 2. The minimum Gasteiger partial charge on any atom is -0.497 e. The molecule has 0 radical (unpaired) electrons. The van der Waals surface area contributed by atoms with E-state index in [1.165, 1.54) is 0 Å². The Kier molecular flexibility index (Phi) is 8.77. The van der Waals surface area contributed by atoms with Gasteiger partial charge in [-0.3, -0.25) is 9.69 Å². The number of esters is 1. The van der Waals surface area contributed by atoms with E-state index in [1.807, 2.05) is 103 Å². The van der Waals surface area contributed by atoms with Gasteiger partial charge < -0.3 is 14.4 Å². The number of aryl methyl sites for hydroxylation is 1. The van der Waals surface area contributed by atoms with Gasteiger partial charge in [0.05, 0.1) is 13.0 Å². The number of carbonyl (C=O) groups excluding carboxylic acids is 3. The highest BCUT2D eigenvalue weighted by molar-refractivity contribution is 6.12. The number of hydrogen-bond donors (Lipinski definition) is 0. The van der Waals surface area contributed by atoms with Crippen molar-refractivity contribution >= 4 is 29.4 Å². The van der Waals surface area contributed by atoms with Crippen LogP contribution in [0.25, 0.3) is 0 Å². The van der Waals surface area contributed by atoms with Crippen molar-refractivity contribution in [2.45, 2.75) is 38.5 Å². The van der Waals surface area contributed by atoms with Gasteiger partial charge in [-0.1, -0.05) is 60.7 Å². The van der Waals surface area contributed by atoms with Gasteiger partial charge in [0.25, 0.3) is 0 Å². The lowest BCUT2D eigenvalue weighted by Crippen LogP contribution is -2.69. The van der Waals surface area contributed by atoms with Crippen LogP contribution in [0.3, 0.4) is 0 Å². The van der Waals surface area contributed by atoms with Crippen molar-refractivity contribution in [1.82, 2.24) is 9.88 Å². The third-order valence-corrected chi connectivity index (χ3v) is 8.46. The van der Waals surface area contributed by atoms with Gasteiger partial charge in [-0.2, -0.15) is 0 Å². The molecule has 0 saturated carbocycles. The maximum atomic E-state index is 13.9. The number of amides is 3. The standard InChI is InChI=1S/C36H36N4O5/c1-38(23-25-14-16-29(44-2)17-15-25)32-22-27(18-19-37-32)21-30-33(35(42)45-24-26-9-4-3-5-10-26)40(34(30)41)36(43)39-20-8-12-28-11-6-7-13-31(28)39/h3-7,9-11,13-19,22,30,33H,8,12,20-21,23-24H2,1-2H3/t30-,33+/m1/s1. The topological polar surface area (TPSA) is 92.3 Å². The molecule has 0 spiro atoms. The van der Waals surface area contributed by atoms with Crippen molar-refractivity contribution in [2.75, 3.05) is 30.5 Å². The van der Waals surface area contributed by atoms with Gasteiger partial charge in [-0.25, -0.2) is 19.5 Å². The van der Waals surface area contributed by atoms with Crippen molar-refractivity contribution < 1.29 is 23.9 Å². The van der Waals surface area contributed by atoms with Crippen LogP contribution in [-0.2, 0) is 40.3 Å². The van der Waals surface area contributed by atoms with Gasteiger partial charge in [-0.15, -0.1) is 0 Å². The Morgan fingerprint density at radius 2 is 1.69 bits per heavy atom. The average Bonchev–Trinajstić information content (AvgIpc) is 3.08. The number of pyridine rings is 1. The summed E-state index contributed by atoms with van der Waals surface area (Å²) in [4.78, 5) is 50.5. The van der Waals surface area contributed by atoms with Crippen LogP contribution in [0.4, 0.5) is 16.3 Å². The van der Waals surface area contributed by atoms with Crippen LogP contribution in [0.1, 0.15) is 28.7 Å². The van der Waals surface area contributed by atoms with Crippen molar-refractivity contribution in [2.24, 2.45) is 5.92 Å². The molecule has 2 aliphatic heterocycles. The second kappa shape index (κ2) is 13.2. The molecule has 6 rings (SSSR count). The summed E-state index contributed by atoms with van der Waals surface area (Å²) in [5, 5.41) is 0. The molecular formula is C36H36N4O5. The third-order valence-electron chi connectivity index (χ3n) is 8.46. The Morgan fingerprint density at radius 1 is 0.933 bits per heavy atom. The number of para-hydroxylation sites is 1. The first kappa shape index (κ1) is 29.9. The molecule has 0 bridgehead atoms. The van der Waals surface area contributed by atoms with Crippen LogP contribution in [0.2, 0.25) is 0 Å². The van der Waals surface area contributed by atoms with Gasteiger partial charge in [-0.05, 0) is 71.8 Å². The molecular weight excluding hydrogens is 568 g/mol. The fourth-order valence-corrected chi connectivity index (χ4v) is 6.04. The predicted octanol–water partition coefficient (Wildman–Crippen LogP) is 5.41. The molecule has 1 fully saturated rings. The van der Waals surface area contributed by atoms with E-state index >= 15 is 0 Å². The molecule has 0 unspecified atom stereocenters. The maximum Gasteiger partial charge on any atom is 0.332 e. The molecule has 0 aliphatic carbocycles. The molecule has 9 nitrogen and oxygen atoms in total. The van der Waals surface area contributed by atoms with Crippen LogP contribution < -0.4 is 14.5 Å². The molecule has 2 atom stereocenters. The lowest BCUT2D eigenvalue weighted by molar-refractivity contribution is -0.170. The first-order valence-corrected chi connectivity index (χ1v) is 15.1. The number of methoxy groups -OCH3 is 1. The zero-order valence-corrected chi connectivity index (χ0v) is 25.5. The molecule has 3 heterocycles. The second-order valence-electron chi connectivity index (χ2n) is 11.4. The zero-order chi connectivity index (χ0) is 31.3. The monoisotopic (exact) mass is 604 g/mol. The molecule has 0 N–H and O–H groups in total. The predicted molar refractivity (Wildman–Crippen MR) is 171 cm³/mol. The number of rotatable bonds is 9. The number of urea groups is 1. The number of nitrogens with zero attached hydrogens (tertiary/aromatic N) is 4.